The number of carbonyl (C=O) groups excluding carboxylic acids is 1. The van der Waals surface area contributed by atoms with E-state index in [2.05, 4.69) is 25.8 Å². The smallest absolute Gasteiger partial charge is 0.136 e. The Bertz CT molecular complexity index is 216. The van der Waals surface area contributed by atoms with E-state index in [9.17, 15) is 4.79 Å². The zero-order valence-corrected chi connectivity index (χ0v) is 10.9. The highest BCUT2D eigenvalue weighted by Crippen LogP contribution is 2.24. The predicted octanol–water partition coefficient (Wildman–Crippen LogP) is 2.10. The van der Waals surface area contributed by atoms with Gasteiger partial charge in [-0.2, -0.15) is 0 Å². The van der Waals surface area contributed by atoms with E-state index in [4.69, 9.17) is 4.74 Å². The lowest BCUT2D eigenvalue weighted by molar-refractivity contribution is -0.120. The summed E-state index contributed by atoms with van der Waals surface area (Å²) in [6, 6.07) is 0. The molecule has 0 aromatic carbocycles. The van der Waals surface area contributed by atoms with Gasteiger partial charge in [0.25, 0.3) is 0 Å². The molecule has 0 radical (unpaired) electrons. The third-order valence-corrected chi connectivity index (χ3v) is 3.21. The molecule has 0 aromatic heterocycles. The Morgan fingerprint density at radius 1 is 1.44 bits per heavy atom. The average Bonchev–Trinajstić information content (AvgIpc) is 2.60. The van der Waals surface area contributed by atoms with Gasteiger partial charge in [-0.25, -0.2) is 0 Å². The minimum Gasteiger partial charge on any atom is -0.377 e. The molecule has 0 bridgehead atoms. The second kappa shape index (κ2) is 7.02. The van der Waals surface area contributed by atoms with Crippen molar-refractivity contribution in [3.8, 4) is 0 Å². The molecule has 1 fully saturated rings. The van der Waals surface area contributed by atoms with Gasteiger partial charge in [0.1, 0.15) is 5.78 Å². The first kappa shape index (κ1) is 13.7. The van der Waals surface area contributed by atoms with Crippen LogP contribution in [-0.4, -0.2) is 43.5 Å². The van der Waals surface area contributed by atoms with E-state index in [0.29, 0.717) is 17.8 Å². The van der Waals surface area contributed by atoms with Crippen LogP contribution in [-0.2, 0) is 9.53 Å². The van der Waals surface area contributed by atoms with Crippen molar-refractivity contribution in [2.75, 3.05) is 26.7 Å². The molecule has 1 aliphatic carbocycles. The summed E-state index contributed by atoms with van der Waals surface area (Å²) in [7, 11) is 2.10. The van der Waals surface area contributed by atoms with Crippen molar-refractivity contribution in [1.29, 1.82) is 0 Å². The first-order chi connectivity index (χ1) is 7.59. The molecule has 1 saturated carbocycles. The van der Waals surface area contributed by atoms with Crippen LogP contribution < -0.4 is 0 Å². The molecule has 1 atom stereocenters. The second-order valence-corrected chi connectivity index (χ2v) is 5.07. The third-order valence-electron chi connectivity index (χ3n) is 3.21. The number of rotatable bonds is 7. The van der Waals surface area contributed by atoms with E-state index in [1.807, 2.05) is 0 Å². The molecule has 3 nitrogen and oxygen atoms in total. The first-order valence-corrected chi connectivity index (χ1v) is 6.42. The Balaban J connectivity index is 2.05. The number of likely N-dealkylation sites (N-methyl/N-ethyl adjacent to an activating group) is 1. The number of ether oxygens (including phenoxy) is 1. The Labute approximate surface area is 99.1 Å². The molecule has 0 spiro atoms. The van der Waals surface area contributed by atoms with Gasteiger partial charge in [-0.3, -0.25) is 4.79 Å². The van der Waals surface area contributed by atoms with Crippen molar-refractivity contribution in [2.45, 2.75) is 45.6 Å². The van der Waals surface area contributed by atoms with Gasteiger partial charge in [0.2, 0.25) is 0 Å². The van der Waals surface area contributed by atoms with Crippen molar-refractivity contribution < 1.29 is 9.53 Å². The molecule has 3 heteroatoms. The molecule has 0 N–H and O–H groups in total. The molecule has 16 heavy (non-hydrogen) atoms. The van der Waals surface area contributed by atoms with E-state index >= 15 is 0 Å². The Morgan fingerprint density at radius 2 is 2.19 bits per heavy atom. The summed E-state index contributed by atoms with van der Waals surface area (Å²) in [5.41, 5.74) is 0. The minimum absolute atomic E-state index is 0.310. The van der Waals surface area contributed by atoms with Crippen molar-refractivity contribution in [2.24, 2.45) is 5.92 Å². The maximum absolute atomic E-state index is 11.4. The summed E-state index contributed by atoms with van der Waals surface area (Å²) in [5.74, 6) is 0.820. The highest BCUT2D eigenvalue weighted by molar-refractivity contribution is 5.82. The quantitative estimate of drug-likeness (QED) is 0.667. The number of ketones is 1. The molecule has 0 aromatic rings. The zero-order chi connectivity index (χ0) is 12.0. The molecule has 94 valence electrons. The first-order valence-electron chi connectivity index (χ1n) is 6.42. The topological polar surface area (TPSA) is 29.5 Å². The zero-order valence-electron chi connectivity index (χ0n) is 10.9. The summed E-state index contributed by atoms with van der Waals surface area (Å²) in [5, 5.41) is 0. The van der Waals surface area contributed by atoms with Gasteiger partial charge < -0.3 is 9.64 Å². The van der Waals surface area contributed by atoms with Crippen LogP contribution in [0.15, 0.2) is 0 Å². The average molecular weight is 227 g/mol. The van der Waals surface area contributed by atoms with E-state index in [1.165, 1.54) is 0 Å². The molecular weight excluding hydrogens is 202 g/mol. The van der Waals surface area contributed by atoms with E-state index in [-0.39, 0.29) is 0 Å². The lowest BCUT2D eigenvalue weighted by Crippen LogP contribution is -2.27. The van der Waals surface area contributed by atoms with Gasteiger partial charge in [0, 0.05) is 18.9 Å². The molecule has 0 heterocycles. The van der Waals surface area contributed by atoms with Crippen LogP contribution in [0.3, 0.4) is 0 Å². The molecule has 1 aliphatic rings. The van der Waals surface area contributed by atoms with Gasteiger partial charge >= 0.3 is 0 Å². The van der Waals surface area contributed by atoms with Crippen LogP contribution in [0.25, 0.3) is 0 Å². The highest BCUT2D eigenvalue weighted by Gasteiger charge is 2.23. The summed E-state index contributed by atoms with van der Waals surface area (Å²) in [6.07, 6.45) is 4.35. The fourth-order valence-corrected chi connectivity index (χ4v) is 2.13. The monoisotopic (exact) mass is 227 g/mol. The van der Waals surface area contributed by atoms with Crippen molar-refractivity contribution in [3.05, 3.63) is 0 Å². The lowest BCUT2D eigenvalue weighted by Gasteiger charge is -2.19. The predicted molar refractivity (Wildman–Crippen MR) is 65.6 cm³/mol. The molecule has 0 amide bonds. The molecule has 1 rings (SSSR count). The van der Waals surface area contributed by atoms with Gasteiger partial charge in [-0.1, -0.05) is 0 Å². The van der Waals surface area contributed by atoms with Gasteiger partial charge in [0.05, 0.1) is 12.7 Å². The van der Waals surface area contributed by atoms with Crippen LogP contribution in [0, 0.1) is 5.92 Å². The Morgan fingerprint density at radius 3 is 2.75 bits per heavy atom. The van der Waals surface area contributed by atoms with Gasteiger partial charge in [0.15, 0.2) is 0 Å². The van der Waals surface area contributed by atoms with Gasteiger partial charge in [-0.15, -0.1) is 0 Å². The van der Waals surface area contributed by atoms with Crippen molar-refractivity contribution in [1.82, 2.24) is 4.90 Å². The van der Waals surface area contributed by atoms with E-state index in [0.717, 1.165) is 45.4 Å². The molecule has 1 unspecified atom stereocenters. The number of hydrogen-bond donors (Lipinski definition) is 0. The van der Waals surface area contributed by atoms with E-state index < -0.39 is 0 Å². The molecule has 0 saturated heterocycles. The Kier molecular flexibility index (Phi) is 5.99. The third kappa shape index (κ3) is 5.08. The fourth-order valence-electron chi connectivity index (χ4n) is 2.13. The van der Waals surface area contributed by atoms with Crippen LogP contribution in [0.1, 0.15) is 39.5 Å². The SMILES string of the molecule is CC(C)OCCN(C)CCC1CCCC1=O. The number of hydrogen-bond acceptors (Lipinski definition) is 3. The summed E-state index contributed by atoms with van der Waals surface area (Å²) >= 11 is 0. The van der Waals surface area contributed by atoms with Crippen LogP contribution in [0.4, 0.5) is 0 Å². The number of nitrogens with zero attached hydrogens (tertiary/aromatic N) is 1. The fraction of sp³-hybridized carbons (Fsp3) is 0.923. The standard InChI is InChI=1S/C13H25NO2/c1-11(2)16-10-9-14(3)8-7-12-5-4-6-13(12)15/h11-12H,4-10H2,1-3H3. The molecular formula is C13H25NO2. The van der Waals surface area contributed by atoms with Crippen LogP contribution >= 0.6 is 0 Å². The maximum Gasteiger partial charge on any atom is 0.136 e. The summed E-state index contributed by atoms with van der Waals surface area (Å²) < 4.78 is 5.50. The lowest BCUT2D eigenvalue weighted by atomic mass is 10.0. The van der Waals surface area contributed by atoms with Gasteiger partial charge in [-0.05, 0) is 46.7 Å². The van der Waals surface area contributed by atoms with Crippen LogP contribution in [0.2, 0.25) is 0 Å². The minimum atomic E-state index is 0.310. The Hall–Kier alpha value is -0.410. The van der Waals surface area contributed by atoms with E-state index in [1.54, 1.807) is 0 Å². The highest BCUT2D eigenvalue weighted by atomic mass is 16.5. The second-order valence-electron chi connectivity index (χ2n) is 5.07. The van der Waals surface area contributed by atoms with Crippen molar-refractivity contribution in [3.63, 3.8) is 0 Å². The van der Waals surface area contributed by atoms with Crippen molar-refractivity contribution >= 4 is 5.78 Å². The largest absolute Gasteiger partial charge is 0.377 e. The molecule has 0 aliphatic heterocycles. The number of Topliss-reactive ketones (excluding diaryl/α,β-unsaturated/α-hetero) is 1. The summed E-state index contributed by atoms with van der Waals surface area (Å²) in [6.45, 7) is 6.86. The summed E-state index contributed by atoms with van der Waals surface area (Å²) in [4.78, 5) is 13.7. The van der Waals surface area contributed by atoms with Crippen LogP contribution in [0.5, 0.6) is 0 Å². The number of carbonyl (C=O) groups is 1. The normalized spacial score (nSPS) is 21.3. The maximum atomic E-state index is 11.4.